The Labute approximate surface area is 159 Å². The molecule has 0 spiro atoms. The van der Waals surface area contributed by atoms with Crippen molar-refractivity contribution in [3.63, 3.8) is 0 Å². The average Bonchev–Trinajstić information content (AvgIpc) is 2.93. The first-order valence-electron chi connectivity index (χ1n) is 9.18. The maximum Gasteiger partial charge on any atom is 0.254 e. The lowest BCUT2D eigenvalue weighted by molar-refractivity contribution is 0.0929. The Hall–Kier alpha value is -1.91. The second-order valence-corrected chi connectivity index (χ2v) is 7.08. The molecule has 0 radical (unpaired) electrons. The van der Waals surface area contributed by atoms with Crippen LogP contribution in [0, 0.1) is 5.82 Å². The van der Waals surface area contributed by atoms with Gasteiger partial charge in [0.25, 0.3) is 5.91 Å². The molecule has 1 amide bonds. The first-order chi connectivity index (χ1) is 12.7. The van der Waals surface area contributed by atoms with E-state index in [9.17, 15) is 9.18 Å². The van der Waals surface area contributed by atoms with E-state index < -0.39 is 11.7 Å². The zero-order chi connectivity index (χ0) is 18.4. The van der Waals surface area contributed by atoms with E-state index in [0.717, 1.165) is 31.5 Å². The molecule has 1 aliphatic heterocycles. The van der Waals surface area contributed by atoms with E-state index >= 15 is 0 Å². The van der Waals surface area contributed by atoms with E-state index in [4.69, 9.17) is 11.6 Å². The van der Waals surface area contributed by atoms with Crippen molar-refractivity contribution in [3.05, 3.63) is 70.5 Å². The number of benzene rings is 2. The summed E-state index contributed by atoms with van der Waals surface area (Å²) in [4.78, 5) is 14.8. The number of hydrogen-bond donors (Lipinski definition) is 1. The van der Waals surface area contributed by atoms with E-state index in [0.29, 0.717) is 11.6 Å². The minimum absolute atomic E-state index is 0.0162. The molecule has 1 aliphatic rings. The zero-order valence-corrected chi connectivity index (χ0v) is 15.5. The van der Waals surface area contributed by atoms with Crippen molar-refractivity contribution >= 4 is 17.5 Å². The number of amides is 1. The molecular weight excluding hydrogens is 351 g/mol. The minimum Gasteiger partial charge on any atom is -0.350 e. The summed E-state index contributed by atoms with van der Waals surface area (Å²) in [6.07, 6.45) is 4.74. The van der Waals surface area contributed by atoms with E-state index in [1.807, 2.05) is 24.3 Å². The first-order valence-corrected chi connectivity index (χ1v) is 9.56. The van der Waals surface area contributed by atoms with Crippen LogP contribution in [-0.2, 0) is 0 Å². The zero-order valence-electron chi connectivity index (χ0n) is 14.8. The van der Waals surface area contributed by atoms with Crippen LogP contribution < -0.4 is 5.32 Å². The Balaban J connectivity index is 1.78. The van der Waals surface area contributed by atoms with Gasteiger partial charge in [0.15, 0.2) is 0 Å². The van der Waals surface area contributed by atoms with E-state index in [-0.39, 0.29) is 11.6 Å². The molecule has 3 nitrogen and oxygen atoms in total. The summed E-state index contributed by atoms with van der Waals surface area (Å²) >= 11 is 6.44. The lowest BCUT2D eigenvalue weighted by Gasteiger charge is -2.31. The lowest BCUT2D eigenvalue weighted by Crippen LogP contribution is -2.39. The van der Waals surface area contributed by atoms with Crippen LogP contribution in [0.1, 0.15) is 47.6 Å². The van der Waals surface area contributed by atoms with Crippen LogP contribution in [0.25, 0.3) is 0 Å². The fraction of sp³-hybridized carbons (Fsp3) is 0.381. The highest BCUT2D eigenvalue weighted by molar-refractivity contribution is 6.31. The molecule has 138 valence electrons. The highest BCUT2D eigenvalue weighted by Crippen LogP contribution is 2.29. The molecular formula is C21H24ClFN2O. The third-order valence-electron chi connectivity index (χ3n) is 4.92. The van der Waals surface area contributed by atoms with Gasteiger partial charge < -0.3 is 5.32 Å². The van der Waals surface area contributed by atoms with Crippen molar-refractivity contribution in [1.29, 1.82) is 0 Å². The van der Waals surface area contributed by atoms with Crippen molar-refractivity contribution in [1.82, 2.24) is 10.2 Å². The Kier molecular flexibility index (Phi) is 6.64. The Morgan fingerprint density at radius 2 is 1.69 bits per heavy atom. The third kappa shape index (κ3) is 4.63. The summed E-state index contributed by atoms with van der Waals surface area (Å²) in [5.41, 5.74) is 1.08. The van der Waals surface area contributed by atoms with Crippen LogP contribution in [-0.4, -0.2) is 30.4 Å². The highest BCUT2D eigenvalue weighted by Gasteiger charge is 2.24. The van der Waals surface area contributed by atoms with Gasteiger partial charge in [0.05, 0.1) is 11.6 Å². The number of nitrogens with zero attached hydrogens (tertiary/aromatic N) is 1. The average molecular weight is 375 g/mol. The molecule has 0 aliphatic carbocycles. The molecule has 0 aromatic heterocycles. The topological polar surface area (TPSA) is 32.3 Å². The van der Waals surface area contributed by atoms with Gasteiger partial charge in [0, 0.05) is 11.6 Å². The van der Waals surface area contributed by atoms with Crippen molar-refractivity contribution in [2.24, 2.45) is 0 Å². The van der Waals surface area contributed by atoms with E-state index in [1.165, 1.54) is 25.0 Å². The summed E-state index contributed by atoms with van der Waals surface area (Å²) in [5.74, 6) is -0.899. The number of hydrogen-bond acceptors (Lipinski definition) is 2. The van der Waals surface area contributed by atoms with E-state index in [1.54, 1.807) is 12.1 Å². The molecule has 1 fully saturated rings. The van der Waals surface area contributed by atoms with Crippen LogP contribution in [0.2, 0.25) is 5.02 Å². The fourth-order valence-corrected chi connectivity index (χ4v) is 3.78. The summed E-state index contributed by atoms with van der Waals surface area (Å²) in [6.45, 7) is 2.35. The Bertz CT molecular complexity index is 744. The third-order valence-corrected chi connectivity index (χ3v) is 5.26. The monoisotopic (exact) mass is 374 g/mol. The normalized spacial score (nSPS) is 16.7. The number of carbonyl (C=O) groups excluding carboxylic acids is 1. The van der Waals surface area contributed by atoms with Gasteiger partial charge in [-0.15, -0.1) is 0 Å². The molecule has 1 N–H and O–H groups in total. The number of carbonyl (C=O) groups is 1. The van der Waals surface area contributed by atoms with Gasteiger partial charge in [0.2, 0.25) is 0 Å². The predicted octanol–water partition coefficient (Wildman–Crippen LogP) is 4.83. The highest BCUT2D eigenvalue weighted by atomic mass is 35.5. The number of halogens is 2. The van der Waals surface area contributed by atoms with Crippen molar-refractivity contribution in [2.75, 3.05) is 19.6 Å². The molecule has 1 saturated heterocycles. The van der Waals surface area contributed by atoms with Crippen LogP contribution in [0.4, 0.5) is 4.39 Å². The van der Waals surface area contributed by atoms with Crippen LogP contribution in [0.3, 0.4) is 0 Å². The van der Waals surface area contributed by atoms with Gasteiger partial charge in [-0.1, -0.05) is 54.8 Å². The second kappa shape index (κ2) is 9.15. The van der Waals surface area contributed by atoms with Crippen LogP contribution in [0.15, 0.2) is 48.5 Å². The van der Waals surface area contributed by atoms with Crippen molar-refractivity contribution in [2.45, 2.75) is 31.7 Å². The number of nitrogens with one attached hydrogen (secondary N) is 1. The lowest BCUT2D eigenvalue weighted by atomic mass is 10.0. The van der Waals surface area contributed by atoms with Crippen molar-refractivity contribution < 1.29 is 9.18 Å². The molecule has 0 saturated carbocycles. The van der Waals surface area contributed by atoms with Crippen LogP contribution in [0.5, 0.6) is 0 Å². The fourth-order valence-electron chi connectivity index (χ4n) is 3.52. The van der Waals surface area contributed by atoms with Gasteiger partial charge >= 0.3 is 0 Å². The summed E-state index contributed by atoms with van der Waals surface area (Å²) < 4.78 is 13.9. The summed E-state index contributed by atoms with van der Waals surface area (Å²) in [6, 6.07) is 13.8. The SMILES string of the molecule is O=C(NCC(c1ccccc1Cl)N1CCCCCC1)c1ccccc1F. The minimum atomic E-state index is -0.505. The second-order valence-electron chi connectivity index (χ2n) is 6.68. The van der Waals surface area contributed by atoms with Gasteiger partial charge in [-0.05, 0) is 49.7 Å². The molecule has 0 bridgehead atoms. The number of likely N-dealkylation sites (tertiary alicyclic amines) is 1. The maximum absolute atomic E-state index is 13.9. The molecule has 1 heterocycles. The summed E-state index contributed by atoms with van der Waals surface area (Å²) in [7, 11) is 0. The molecule has 1 unspecified atom stereocenters. The molecule has 2 aromatic carbocycles. The Morgan fingerprint density at radius 1 is 1.04 bits per heavy atom. The molecule has 5 heteroatoms. The van der Waals surface area contributed by atoms with Gasteiger partial charge in [0.1, 0.15) is 5.82 Å². The summed E-state index contributed by atoms with van der Waals surface area (Å²) in [5, 5.41) is 3.60. The predicted molar refractivity (Wildman–Crippen MR) is 103 cm³/mol. The number of rotatable bonds is 5. The first kappa shape index (κ1) is 18.9. The smallest absolute Gasteiger partial charge is 0.254 e. The Morgan fingerprint density at radius 3 is 2.38 bits per heavy atom. The largest absolute Gasteiger partial charge is 0.350 e. The quantitative estimate of drug-likeness (QED) is 0.813. The molecule has 26 heavy (non-hydrogen) atoms. The van der Waals surface area contributed by atoms with Crippen molar-refractivity contribution in [3.8, 4) is 0 Å². The standard InChI is InChI=1S/C21H24ClFN2O/c22-18-11-5-3-9-16(18)20(25-13-7-1-2-8-14-25)15-24-21(26)17-10-4-6-12-19(17)23/h3-6,9-12,20H,1-2,7-8,13-15H2,(H,24,26). The van der Waals surface area contributed by atoms with Gasteiger partial charge in [-0.2, -0.15) is 0 Å². The maximum atomic E-state index is 13.9. The molecule has 1 atom stereocenters. The molecule has 3 rings (SSSR count). The van der Waals surface area contributed by atoms with Gasteiger partial charge in [-0.25, -0.2) is 4.39 Å². The van der Waals surface area contributed by atoms with Crippen LogP contribution >= 0.6 is 11.6 Å². The molecule has 2 aromatic rings. The van der Waals surface area contributed by atoms with Gasteiger partial charge in [-0.3, -0.25) is 9.69 Å². The van der Waals surface area contributed by atoms with E-state index in [2.05, 4.69) is 10.2 Å².